The minimum atomic E-state index is -5.08. The summed E-state index contributed by atoms with van der Waals surface area (Å²) in [4.78, 5) is 22.9. The fourth-order valence-electron chi connectivity index (χ4n) is 3.73. The maximum atomic E-state index is 12.9. The van der Waals surface area contributed by atoms with Gasteiger partial charge in [0.15, 0.2) is 11.5 Å². The van der Waals surface area contributed by atoms with Crippen LogP contribution in [0.4, 0.5) is 24.5 Å². The second-order valence-corrected chi connectivity index (χ2v) is 9.90. The van der Waals surface area contributed by atoms with Crippen molar-refractivity contribution >= 4 is 33.3 Å². The number of ether oxygens (including phenoxy) is 2. The number of hydrogen-bond donors (Lipinski definition) is 3. The van der Waals surface area contributed by atoms with Gasteiger partial charge in [-0.1, -0.05) is 19.3 Å². The molecule has 210 valence electrons. The number of carboxylic acid groups (broad SMARTS) is 2. The van der Waals surface area contributed by atoms with Crippen LogP contribution in [0.5, 0.6) is 11.5 Å². The van der Waals surface area contributed by atoms with Gasteiger partial charge in [0, 0.05) is 24.8 Å². The molecule has 1 aliphatic heterocycles. The molecule has 1 aliphatic rings. The average molecular weight is 563 g/mol. The molecule has 38 heavy (non-hydrogen) atoms. The molecule has 1 saturated heterocycles. The number of alkyl halides is 3. The van der Waals surface area contributed by atoms with Gasteiger partial charge >= 0.3 is 18.1 Å². The maximum Gasteiger partial charge on any atom is 0.490 e. The van der Waals surface area contributed by atoms with E-state index < -0.39 is 28.1 Å². The van der Waals surface area contributed by atoms with E-state index >= 15 is 0 Å². The van der Waals surface area contributed by atoms with Crippen molar-refractivity contribution in [1.29, 1.82) is 0 Å². The number of methoxy groups -OCH3 is 2. The smallest absolute Gasteiger partial charge is 0.490 e. The van der Waals surface area contributed by atoms with E-state index in [0.717, 1.165) is 38.8 Å². The Balaban J connectivity index is 0.000000638. The van der Waals surface area contributed by atoms with E-state index in [4.69, 9.17) is 19.4 Å². The molecule has 0 saturated carbocycles. The van der Waals surface area contributed by atoms with E-state index in [1.165, 1.54) is 44.9 Å². The first-order valence-electron chi connectivity index (χ1n) is 11.5. The Labute approximate surface area is 218 Å². The van der Waals surface area contributed by atoms with Crippen molar-refractivity contribution in [1.82, 2.24) is 0 Å². The molecule has 1 heterocycles. The summed E-state index contributed by atoms with van der Waals surface area (Å²) in [5.74, 6) is -3.16. The van der Waals surface area contributed by atoms with Crippen LogP contribution in [0.15, 0.2) is 41.3 Å². The first-order chi connectivity index (χ1) is 17.8. The molecular weight excluding hydrogens is 533 g/mol. The average Bonchev–Trinajstić information content (AvgIpc) is 2.83. The summed E-state index contributed by atoms with van der Waals surface area (Å²) in [6.45, 7) is 1.58. The second kappa shape index (κ2) is 13.2. The number of rotatable bonds is 7. The van der Waals surface area contributed by atoms with Gasteiger partial charge < -0.3 is 24.6 Å². The first-order valence-corrected chi connectivity index (χ1v) is 13.0. The Kier molecular flexibility index (Phi) is 10.6. The van der Waals surface area contributed by atoms with Gasteiger partial charge in [-0.2, -0.15) is 13.2 Å². The molecule has 0 spiro atoms. The molecule has 0 aliphatic carbocycles. The SMILES string of the molecule is COc1ccc(S(=O)(=O)Nc2ccc(N3CCCCCCC3)c(C(=O)O)c2)cc1OC.O=C(O)C(F)(F)F. The Bertz CT molecular complexity index is 1230. The van der Waals surface area contributed by atoms with Crippen molar-refractivity contribution in [2.45, 2.75) is 43.2 Å². The Morgan fingerprint density at radius 2 is 1.45 bits per heavy atom. The predicted octanol–water partition coefficient (Wildman–Crippen LogP) is 4.61. The van der Waals surface area contributed by atoms with Crippen molar-refractivity contribution in [3.8, 4) is 11.5 Å². The van der Waals surface area contributed by atoms with Crippen LogP contribution in [-0.4, -0.2) is 64.1 Å². The number of aliphatic carboxylic acids is 1. The molecule has 1 fully saturated rings. The first kappa shape index (κ1) is 30.5. The van der Waals surface area contributed by atoms with Crippen LogP contribution >= 0.6 is 0 Å². The number of nitrogens with zero attached hydrogens (tertiary/aromatic N) is 1. The molecule has 10 nitrogen and oxygen atoms in total. The zero-order valence-electron chi connectivity index (χ0n) is 20.7. The quantitative estimate of drug-likeness (QED) is 0.441. The van der Waals surface area contributed by atoms with Crippen LogP contribution in [0, 0.1) is 0 Å². The summed E-state index contributed by atoms with van der Waals surface area (Å²) in [7, 11) is -1.07. The van der Waals surface area contributed by atoms with Gasteiger partial charge in [-0.3, -0.25) is 4.72 Å². The van der Waals surface area contributed by atoms with Crippen LogP contribution in [0.2, 0.25) is 0 Å². The maximum absolute atomic E-state index is 12.9. The highest BCUT2D eigenvalue weighted by Gasteiger charge is 2.38. The summed E-state index contributed by atoms with van der Waals surface area (Å²) in [5, 5.41) is 16.9. The lowest BCUT2D eigenvalue weighted by atomic mass is 10.1. The zero-order valence-corrected chi connectivity index (χ0v) is 21.6. The highest BCUT2D eigenvalue weighted by atomic mass is 32.2. The molecular formula is C24H29F3N2O8S. The van der Waals surface area contributed by atoms with Gasteiger partial charge in [-0.15, -0.1) is 0 Å². The summed E-state index contributed by atoms with van der Waals surface area (Å²) < 4.78 is 70.2. The number of aromatic carboxylic acids is 1. The predicted molar refractivity (Wildman–Crippen MR) is 133 cm³/mol. The van der Waals surface area contributed by atoms with Crippen LogP contribution in [-0.2, 0) is 14.8 Å². The summed E-state index contributed by atoms with van der Waals surface area (Å²) in [5.41, 5.74) is 0.875. The minimum Gasteiger partial charge on any atom is -0.493 e. The number of carbonyl (C=O) groups is 2. The molecule has 3 N–H and O–H groups in total. The van der Waals surface area contributed by atoms with E-state index in [1.54, 1.807) is 12.1 Å². The van der Waals surface area contributed by atoms with Crippen LogP contribution < -0.4 is 19.1 Å². The summed E-state index contributed by atoms with van der Waals surface area (Å²) >= 11 is 0. The lowest BCUT2D eigenvalue weighted by Crippen LogP contribution is -2.28. The molecule has 14 heteroatoms. The largest absolute Gasteiger partial charge is 0.493 e. The van der Waals surface area contributed by atoms with Gasteiger partial charge in [-0.25, -0.2) is 18.0 Å². The third-order valence-electron chi connectivity index (χ3n) is 5.58. The van der Waals surface area contributed by atoms with Crippen LogP contribution in [0.1, 0.15) is 42.5 Å². The summed E-state index contributed by atoms with van der Waals surface area (Å²) in [6, 6.07) is 8.90. The number of hydrogen-bond acceptors (Lipinski definition) is 7. The van der Waals surface area contributed by atoms with Crippen molar-refractivity contribution < 1.29 is 50.9 Å². The molecule has 0 atom stereocenters. The fourth-order valence-corrected chi connectivity index (χ4v) is 4.80. The molecule has 2 aromatic rings. The number of nitrogens with one attached hydrogen (secondary N) is 1. The highest BCUT2D eigenvalue weighted by molar-refractivity contribution is 7.92. The molecule has 0 aromatic heterocycles. The van der Waals surface area contributed by atoms with Gasteiger partial charge in [-0.05, 0) is 43.2 Å². The number of anilines is 2. The van der Waals surface area contributed by atoms with Crippen molar-refractivity contribution in [3.63, 3.8) is 0 Å². The lowest BCUT2D eigenvalue weighted by molar-refractivity contribution is -0.192. The van der Waals surface area contributed by atoms with Crippen molar-refractivity contribution in [3.05, 3.63) is 42.0 Å². The summed E-state index contributed by atoms with van der Waals surface area (Å²) in [6.07, 6.45) is 0.389. The molecule has 0 amide bonds. The number of benzene rings is 2. The number of sulfonamides is 1. The Morgan fingerprint density at radius 1 is 0.895 bits per heavy atom. The zero-order chi connectivity index (χ0) is 28.5. The third-order valence-corrected chi connectivity index (χ3v) is 6.96. The second-order valence-electron chi connectivity index (χ2n) is 8.22. The Hall–Kier alpha value is -3.68. The van der Waals surface area contributed by atoms with E-state index in [0.29, 0.717) is 11.4 Å². The Morgan fingerprint density at radius 3 is 1.95 bits per heavy atom. The van der Waals surface area contributed by atoms with E-state index in [-0.39, 0.29) is 21.9 Å². The minimum absolute atomic E-state index is 0.0186. The molecule has 3 rings (SSSR count). The van der Waals surface area contributed by atoms with Gasteiger partial charge in [0.25, 0.3) is 10.0 Å². The fraction of sp³-hybridized carbons (Fsp3) is 0.417. The van der Waals surface area contributed by atoms with E-state index in [2.05, 4.69) is 9.62 Å². The topological polar surface area (TPSA) is 142 Å². The number of carboxylic acids is 2. The lowest BCUT2D eigenvalue weighted by Gasteiger charge is -2.28. The van der Waals surface area contributed by atoms with E-state index in [9.17, 15) is 31.5 Å². The standard InChI is InChI=1S/C22H28N2O6S.C2HF3O2/c1-29-20-11-9-17(15-21(20)30-2)31(27,28)23-16-8-10-19(18(14-16)22(25)26)24-12-6-4-3-5-7-13-24;3-2(4,5)1(6)7/h8-11,14-15,23H,3-7,12-13H2,1-2H3,(H,25,26);(H,6,7). The molecule has 2 aromatic carbocycles. The van der Waals surface area contributed by atoms with Crippen LogP contribution in [0.25, 0.3) is 0 Å². The van der Waals surface area contributed by atoms with Crippen molar-refractivity contribution in [2.75, 3.05) is 36.9 Å². The van der Waals surface area contributed by atoms with Gasteiger partial charge in [0.05, 0.1) is 30.4 Å². The third kappa shape index (κ3) is 8.43. The normalized spacial score (nSPS) is 14.3. The monoisotopic (exact) mass is 562 g/mol. The van der Waals surface area contributed by atoms with Gasteiger partial charge in [0.2, 0.25) is 0 Å². The highest BCUT2D eigenvalue weighted by Crippen LogP contribution is 2.31. The van der Waals surface area contributed by atoms with Crippen LogP contribution in [0.3, 0.4) is 0 Å². The van der Waals surface area contributed by atoms with E-state index in [1.807, 2.05) is 0 Å². The number of halogens is 3. The molecule has 0 radical (unpaired) electrons. The van der Waals surface area contributed by atoms with Crippen molar-refractivity contribution in [2.24, 2.45) is 0 Å². The van der Waals surface area contributed by atoms with Gasteiger partial charge in [0.1, 0.15) is 0 Å². The molecule has 0 unspecified atom stereocenters. The molecule has 0 bridgehead atoms.